The SMILES string of the molecule is Cl.O=C(Nc1ccc(OCc2cccc(F)c2)c(F)c1)C1COCCN1. The number of halogens is 3. The van der Waals surface area contributed by atoms with Crippen LogP contribution < -0.4 is 15.4 Å². The third-order valence-electron chi connectivity index (χ3n) is 3.72. The molecule has 1 fully saturated rings. The van der Waals surface area contributed by atoms with Crippen LogP contribution >= 0.6 is 12.4 Å². The molecule has 2 aromatic rings. The maximum atomic E-state index is 14.1. The molecule has 0 spiro atoms. The molecule has 1 amide bonds. The summed E-state index contributed by atoms with van der Waals surface area (Å²) in [6, 6.07) is 9.60. The summed E-state index contributed by atoms with van der Waals surface area (Å²) in [7, 11) is 0. The highest BCUT2D eigenvalue weighted by molar-refractivity contribution is 5.95. The standard InChI is InChI=1S/C18H18F2N2O3.ClH/c19-13-3-1-2-12(8-13)10-25-17-5-4-14(9-15(17)20)22-18(23)16-11-24-7-6-21-16;/h1-5,8-9,16,21H,6-7,10-11H2,(H,22,23);1H. The zero-order valence-electron chi connectivity index (χ0n) is 13.8. The Bertz CT molecular complexity index is 755. The van der Waals surface area contributed by atoms with Crippen molar-refractivity contribution in [1.82, 2.24) is 5.32 Å². The molecule has 0 saturated carbocycles. The number of anilines is 1. The zero-order chi connectivity index (χ0) is 17.6. The number of hydrogen-bond donors (Lipinski definition) is 2. The second-order valence-electron chi connectivity index (χ2n) is 5.63. The van der Waals surface area contributed by atoms with Gasteiger partial charge < -0.3 is 20.1 Å². The van der Waals surface area contributed by atoms with Crippen LogP contribution in [-0.2, 0) is 16.1 Å². The number of ether oxygens (including phenoxy) is 2. The number of rotatable bonds is 5. The zero-order valence-corrected chi connectivity index (χ0v) is 14.7. The van der Waals surface area contributed by atoms with E-state index >= 15 is 0 Å². The van der Waals surface area contributed by atoms with Crippen molar-refractivity contribution in [2.75, 3.05) is 25.1 Å². The molecule has 8 heteroatoms. The average Bonchev–Trinajstić information content (AvgIpc) is 2.62. The lowest BCUT2D eigenvalue weighted by molar-refractivity contribution is -0.120. The summed E-state index contributed by atoms with van der Waals surface area (Å²) < 4.78 is 37.8. The monoisotopic (exact) mass is 384 g/mol. The molecule has 0 bridgehead atoms. The molecule has 2 N–H and O–H groups in total. The van der Waals surface area contributed by atoms with Crippen molar-refractivity contribution >= 4 is 24.0 Å². The van der Waals surface area contributed by atoms with E-state index in [2.05, 4.69) is 10.6 Å². The molecule has 3 rings (SSSR count). The first-order valence-electron chi connectivity index (χ1n) is 7.90. The van der Waals surface area contributed by atoms with Crippen LogP contribution in [0, 0.1) is 11.6 Å². The van der Waals surface area contributed by atoms with E-state index < -0.39 is 11.9 Å². The van der Waals surface area contributed by atoms with Crippen molar-refractivity contribution in [1.29, 1.82) is 0 Å². The first-order valence-corrected chi connectivity index (χ1v) is 7.90. The maximum Gasteiger partial charge on any atom is 0.243 e. The topological polar surface area (TPSA) is 59.6 Å². The van der Waals surface area contributed by atoms with Gasteiger partial charge in [-0.2, -0.15) is 0 Å². The lowest BCUT2D eigenvalue weighted by Gasteiger charge is -2.22. The van der Waals surface area contributed by atoms with Gasteiger partial charge in [-0.25, -0.2) is 8.78 Å². The Kier molecular flexibility index (Phi) is 7.32. The molecule has 1 aliphatic heterocycles. The molecule has 1 atom stereocenters. The van der Waals surface area contributed by atoms with Crippen molar-refractivity contribution < 1.29 is 23.0 Å². The highest BCUT2D eigenvalue weighted by atomic mass is 35.5. The highest BCUT2D eigenvalue weighted by Gasteiger charge is 2.21. The number of carbonyl (C=O) groups is 1. The van der Waals surface area contributed by atoms with Gasteiger partial charge in [-0.05, 0) is 29.8 Å². The van der Waals surface area contributed by atoms with Gasteiger partial charge in [-0.15, -0.1) is 12.4 Å². The van der Waals surface area contributed by atoms with Gasteiger partial charge in [0.1, 0.15) is 18.5 Å². The van der Waals surface area contributed by atoms with Gasteiger partial charge >= 0.3 is 0 Å². The van der Waals surface area contributed by atoms with Gasteiger partial charge in [-0.1, -0.05) is 12.1 Å². The number of carbonyl (C=O) groups excluding carboxylic acids is 1. The highest BCUT2D eigenvalue weighted by Crippen LogP contribution is 2.22. The molecule has 1 heterocycles. The van der Waals surface area contributed by atoms with Crippen LogP contribution in [0.4, 0.5) is 14.5 Å². The predicted molar refractivity (Wildman–Crippen MR) is 95.6 cm³/mol. The van der Waals surface area contributed by atoms with Crippen LogP contribution in [-0.4, -0.2) is 31.7 Å². The Morgan fingerprint density at radius 3 is 2.81 bits per heavy atom. The van der Waals surface area contributed by atoms with E-state index in [0.29, 0.717) is 24.4 Å². The van der Waals surface area contributed by atoms with Gasteiger partial charge in [0.2, 0.25) is 5.91 Å². The molecular formula is C18H19ClF2N2O3. The fraction of sp³-hybridized carbons (Fsp3) is 0.278. The van der Waals surface area contributed by atoms with Crippen LogP contribution in [0.2, 0.25) is 0 Å². The van der Waals surface area contributed by atoms with Crippen LogP contribution in [0.15, 0.2) is 42.5 Å². The Labute approximate surface area is 156 Å². The summed E-state index contributed by atoms with van der Waals surface area (Å²) in [6.45, 7) is 1.49. The fourth-order valence-corrected chi connectivity index (χ4v) is 2.45. The lowest BCUT2D eigenvalue weighted by atomic mass is 10.2. The smallest absolute Gasteiger partial charge is 0.243 e. The van der Waals surface area contributed by atoms with Gasteiger partial charge in [0, 0.05) is 18.3 Å². The Morgan fingerprint density at radius 2 is 2.12 bits per heavy atom. The maximum absolute atomic E-state index is 14.1. The van der Waals surface area contributed by atoms with Crippen LogP contribution in [0.5, 0.6) is 5.75 Å². The molecule has 26 heavy (non-hydrogen) atoms. The number of amides is 1. The predicted octanol–water partition coefficient (Wildman–Crippen LogP) is 2.89. The molecule has 2 aromatic carbocycles. The minimum Gasteiger partial charge on any atom is -0.486 e. The molecule has 0 aliphatic carbocycles. The van der Waals surface area contributed by atoms with Crippen molar-refractivity contribution in [3.05, 3.63) is 59.7 Å². The van der Waals surface area contributed by atoms with E-state index in [9.17, 15) is 13.6 Å². The van der Waals surface area contributed by atoms with Crippen LogP contribution in [0.3, 0.4) is 0 Å². The lowest BCUT2D eigenvalue weighted by Crippen LogP contribution is -2.48. The van der Waals surface area contributed by atoms with E-state index in [1.165, 1.54) is 24.3 Å². The fourth-order valence-electron chi connectivity index (χ4n) is 2.45. The van der Waals surface area contributed by atoms with E-state index in [0.717, 1.165) is 0 Å². The van der Waals surface area contributed by atoms with Crippen LogP contribution in [0.25, 0.3) is 0 Å². The Balaban J connectivity index is 0.00000243. The van der Waals surface area contributed by atoms with E-state index in [-0.39, 0.29) is 43.1 Å². The van der Waals surface area contributed by atoms with Gasteiger partial charge in [0.05, 0.1) is 13.2 Å². The van der Waals surface area contributed by atoms with Crippen molar-refractivity contribution in [2.24, 2.45) is 0 Å². The number of nitrogens with one attached hydrogen (secondary N) is 2. The summed E-state index contributed by atoms with van der Waals surface area (Å²) in [5.74, 6) is -1.24. The molecule has 0 aromatic heterocycles. The molecule has 1 aliphatic rings. The first kappa shape index (κ1) is 20.1. The Hall–Kier alpha value is -2.22. The molecule has 5 nitrogen and oxygen atoms in total. The summed E-state index contributed by atoms with van der Waals surface area (Å²) in [4.78, 5) is 12.1. The largest absolute Gasteiger partial charge is 0.486 e. The van der Waals surface area contributed by atoms with Crippen molar-refractivity contribution in [3.8, 4) is 5.75 Å². The van der Waals surface area contributed by atoms with Gasteiger partial charge in [0.25, 0.3) is 0 Å². The molecule has 140 valence electrons. The molecule has 1 unspecified atom stereocenters. The number of benzene rings is 2. The molecular weight excluding hydrogens is 366 g/mol. The second kappa shape index (κ2) is 9.47. The van der Waals surface area contributed by atoms with Gasteiger partial charge in [-0.3, -0.25) is 4.79 Å². The minimum atomic E-state index is -0.609. The summed E-state index contributed by atoms with van der Waals surface area (Å²) in [5.41, 5.74) is 0.924. The first-order chi connectivity index (χ1) is 12.1. The second-order valence-corrected chi connectivity index (χ2v) is 5.63. The summed E-state index contributed by atoms with van der Waals surface area (Å²) in [5, 5.41) is 5.66. The van der Waals surface area contributed by atoms with E-state index in [1.54, 1.807) is 18.2 Å². The molecule has 1 saturated heterocycles. The molecule has 0 radical (unpaired) electrons. The van der Waals surface area contributed by atoms with Crippen molar-refractivity contribution in [3.63, 3.8) is 0 Å². The Morgan fingerprint density at radius 1 is 1.27 bits per heavy atom. The number of morpholine rings is 1. The summed E-state index contributed by atoms with van der Waals surface area (Å²) >= 11 is 0. The third-order valence-corrected chi connectivity index (χ3v) is 3.72. The summed E-state index contributed by atoms with van der Waals surface area (Å²) in [6.07, 6.45) is 0. The average molecular weight is 385 g/mol. The van der Waals surface area contributed by atoms with E-state index in [4.69, 9.17) is 9.47 Å². The minimum absolute atomic E-state index is 0. The van der Waals surface area contributed by atoms with Crippen LogP contribution in [0.1, 0.15) is 5.56 Å². The quantitative estimate of drug-likeness (QED) is 0.832. The third kappa shape index (κ3) is 5.39. The van der Waals surface area contributed by atoms with Gasteiger partial charge in [0.15, 0.2) is 11.6 Å². The van der Waals surface area contributed by atoms with Crippen molar-refractivity contribution in [2.45, 2.75) is 12.6 Å². The number of hydrogen-bond acceptors (Lipinski definition) is 4. The van der Waals surface area contributed by atoms with E-state index in [1.807, 2.05) is 0 Å². The normalized spacial score (nSPS) is 16.5.